The molecule has 0 saturated carbocycles. The second kappa shape index (κ2) is 4.74. The van der Waals surface area contributed by atoms with Crippen molar-refractivity contribution >= 4 is 21.5 Å². The van der Waals surface area contributed by atoms with Crippen molar-refractivity contribution in [3.8, 4) is 0 Å². The fourth-order valence-corrected chi connectivity index (χ4v) is 2.01. The van der Waals surface area contributed by atoms with Gasteiger partial charge in [0.05, 0.1) is 18.7 Å². The van der Waals surface area contributed by atoms with Gasteiger partial charge in [0.2, 0.25) is 5.91 Å². The van der Waals surface area contributed by atoms with Crippen molar-refractivity contribution in [2.75, 3.05) is 18.1 Å². The van der Waals surface area contributed by atoms with Gasteiger partial charge in [0, 0.05) is 11.5 Å². The van der Waals surface area contributed by atoms with Crippen LogP contribution in [0.25, 0.3) is 0 Å². The summed E-state index contributed by atoms with van der Waals surface area (Å²) < 4.78 is 22.5. The molecule has 86 valence electrons. The molecule has 0 radical (unpaired) electrons. The molecule has 0 bridgehead atoms. The number of carbonyl (C=O) groups excluding carboxylic acids is 1. The van der Waals surface area contributed by atoms with E-state index in [-0.39, 0.29) is 24.0 Å². The van der Waals surface area contributed by atoms with Gasteiger partial charge < -0.3 is 0 Å². The maximum atomic E-state index is 11.4. The topological polar surface area (TPSA) is 66.8 Å². The minimum absolute atomic E-state index is 0.00423. The Labute approximate surface area is 90.1 Å². The van der Waals surface area contributed by atoms with Crippen LogP contribution in [-0.2, 0) is 14.6 Å². The summed E-state index contributed by atoms with van der Waals surface area (Å²) in [5, 5.41) is 5.33. The molecule has 0 fully saturated rings. The van der Waals surface area contributed by atoms with Gasteiger partial charge in [-0.1, -0.05) is 13.8 Å². The van der Waals surface area contributed by atoms with Crippen LogP contribution >= 0.6 is 0 Å². The maximum Gasteiger partial charge on any atom is 0.248 e. The largest absolute Gasteiger partial charge is 0.273 e. The number of hydrazone groups is 1. The number of nitrogens with zero attached hydrogens (tertiary/aromatic N) is 2. The Bertz CT molecular complexity index is 373. The molecule has 0 aromatic heterocycles. The number of hydrogen-bond donors (Lipinski definition) is 0. The molecule has 0 atom stereocenters. The van der Waals surface area contributed by atoms with Gasteiger partial charge in [0.25, 0.3) is 0 Å². The molecule has 0 aromatic rings. The van der Waals surface area contributed by atoms with E-state index in [2.05, 4.69) is 5.10 Å². The summed E-state index contributed by atoms with van der Waals surface area (Å²) in [7, 11) is -3.02. The zero-order valence-electron chi connectivity index (χ0n) is 9.06. The number of sulfone groups is 1. The summed E-state index contributed by atoms with van der Waals surface area (Å²) in [5.74, 6) is 0.00733. The number of rotatable bonds is 5. The molecular weight excluding hydrogens is 216 g/mol. The monoisotopic (exact) mass is 232 g/mol. The van der Waals surface area contributed by atoms with E-state index in [1.807, 2.05) is 6.92 Å². The Hall–Kier alpha value is -0.910. The predicted molar refractivity (Wildman–Crippen MR) is 58.4 cm³/mol. The summed E-state index contributed by atoms with van der Waals surface area (Å²) in [6, 6.07) is 0. The molecule has 0 aliphatic carbocycles. The smallest absolute Gasteiger partial charge is 0.248 e. The van der Waals surface area contributed by atoms with Gasteiger partial charge in [-0.15, -0.1) is 0 Å². The fourth-order valence-electron chi connectivity index (χ4n) is 1.27. The lowest BCUT2D eigenvalue weighted by Gasteiger charge is -2.10. The second-order valence-corrected chi connectivity index (χ2v) is 5.92. The average Bonchev–Trinajstić information content (AvgIpc) is 2.57. The number of hydrogen-bond acceptors (Lipinski definition) is 4. The molecule has 5 nitrogen and oxygen atoms in total. The Kier molecular flexibility index (Phi) is 3.84. The van der Waals surface area contributed by atoms with E-state index in [0.717, 1.165) is 12.1 Å². The fraction of sp³-hybridized carbons (Fsp3) is 0.778. The summed E-state index contributed by atoms with van der Waals surface area (Å²) in [4.78, 5) is 11.4. The van der Waals surface area contributed by atoms with Crippen molar-refractivity contribution in [3.05, 3.63) is 0 Å². The van der Waals surface area contributed by atoms with Crippen molar-refractivity contribution in [2.24, 2.45) is 5.10 Å². The lowest BCUT2D eigenvalue weighted by Crippen LogP contribution is -2.27. The molecule has 0 spiro atoms. The van der Waals surface area contributed by atoms with E-state index in [9.17, 15) is 13.2 Å². The van der Waals surface area contributed by atoms with E-state index in [1.54, 1.807) is 6.92 Å². The molecule has 15 heavy (non-hydrogen) atoms. The predicted octanol–water partition coefficient (Wildman–Crippen LogP) is 0.419. The van der Waals surface area contributed by atoms with Crippen LogP contribution in [0, 0.1) is 0 Å². The van der Waals surface area contributed by atoms with Gasteiger partial charge in [0.15, 0.2) is 9.84 Å². The Morgan fingerprint density at radius 2 is 2.07 bits per heavy atom. The first-order valence-electron chi connectivity index (χ1n) is 5.05. The highest BCUT2D eigenvalue weighted by Gasteiger charge is 2.23. The maximum absolute atomic E-state index is 11.4. The third-order valence-corrected chi connectivity index (χ3v) is 4.05. The normalized spacial score (nSPS) is 17.1. The summed E-state index contributed by atoms with van der Waals surface area (Å²) in [5.41, 5.74) is 0.828. The molecule has 1 aliphatic rings. The second-order valence-electron chi connectivity index (χ2n) is 3.45. The van der Waals surface area contributed by atoms with E-state index < -0.39 is 9.84 Å². The SMILES string of the molecule is CCC1=NN(CCS(=O)(=O)CC)C(=O)C1. The van der Waals surface area contributed by atoms with Crippen LogP contribution in [0.2, 0.25) is 0 Å². The molecule has 0 saturated heterocycles. The van der Waals surface area contributed by atoms with Crippen LogP contribution in [0.1, 0.15) is 26.7 Å². The average molecular weight is 232 g/mol. The number of amides is 1. The molecule has 0 N–H and O–H groups in total. The van der Waals surface area contributed by atoms with Crippen LogP contribution in [0.15, 0.2) is 5.10 Å². The van der Waals surface area contributed by atoms with E-state index in [4.69, 9.17) is 0 Å². The van der Waals surface area contributed by atoms with Gasteiger partial charge in [-0.3, -0.25) is 4.79 Å². The van der Waals surface area contributed by atoms with Crippen molar-refractivity contribution in [1.82, 2.24) is 5.01 Å². The highest BCUT2D eigenvalue weighted by molar-refractivity contribution is 7.91. The molecular formula is C9H16N2O3S. The molecule has 1 amide bonds. The van der Waals surface area contributed by atoms with E-state index in [0.29, 0.717) is 6.42 Å². The summed E-state index contributed by atoms with van der Waals surface area (Å²) >= 11 is 0. The van der Waals surface area contributed by atoms with Crippen molar-refractivity contribution in [2.45, 2.75) is 26.7 Å². The standard InChI is InChI=1S/C9H16N2O3S/c1-3-8-7-9(12)11(10-8)5-6-15(13,14)4-2/h3-7H2,1-2H3. The van der Waals surface area contributed by atoms with Crippen LogP contribution in [-0.4, -0.2) is 43.1 Å². The Morgan fingerprint density at radius 3 is 2.53 bits per heavy atom. The number of carbonyl (C=O) groups is 1. The van der Waals surface area contributed by atoms with E-state index in [1.165, 1.54) is 5.01 Å². The highest BCUT2D eigenvalue weighted by atomic mass is 32.2. The third kappa shape index (κ3) is 3.30. The third-order valence-electron chi connectivity index (χ3n) is 2.37. The van der Waals surface area contributed by atoms with Gasteiger partial charge in [-0.05, 0) is 6.42 Å². The molecule has 0 aromatic carbocycles. The van der Waals surface area contributed by atoms with Crippen molar-refractivity contribution in [1.29, 1.82) is 0 Å². The Morgan fingerprint density at radius 1 is 1.40 bits per heavy atom. The minimum Gasteiger partial charge on any atom is -0.273 e. The van der Waals surface area contributed by atoms with Crippen LogP contribution in [0.3, 0.4) is 0 Å². The molecule has 1 aliphatic heterocycles. The molecule has 1 rings (SSSR count). The first-order valence-corrected chi connectivity index (χ1v) is 6.87. The quantitative estimate of drug-likeness (QED) is 0.690. The zero-order valence-corrected chi connectivity index (χ0v) is 9.88. The lowest BCUT2D eigenvalue weighted by molar-refractivity contribution is -0.128. The molecule has 1 heterocycles. The van der Waals surface area contributed by atoms with Gasteiger partial charge in [-0.2, -0.15) is 5.10 Å². The molecule has 0 unspecified atom stereocenters. The van der Waals surface area contributed by atoms with Gasteiger partial charge in [-0.25, -0.2) is 13.4 Å². The van der Waals surface area contributed by atoms with E-state index >= 15 is 0 Å². The van der Waals surface area contributed by atoms with Gasteiger partial charge in [0.1, 0.15) is 0 Å². The Balaban J connectivity index is 2.54. The van der Waals surface area contributed by atoms with Crippen LogP contribution in [0.4, 0.5) is 0 Å². The van der Waals surface area contributed by atoms with Crippen molar-refractivity contribution in [3.63, 3.8) is 0 Å². The van der Waals surface area contributed by atoms with Crippen molar-refractivity contribution < 1.29 is 13.2 Å². The molecule has 6 heteroatoms. The van der Waals surface area contributed by atoms with Crippen LogP contribution < -0.4 is 0 Å². The minimum atomic E-state index is -3.02. The summed E-state index contributed by atoms with van der Waals surface area (Å²) in [6.45, 7) is 3.71. The summed E-state index contributed by atoms with van der Waals surface area (Å²) in [6.07, 6.45) is 1.07. The zero-order chi connectivity index (χ0) is 11.5. The van der Waals surface area contributed by atoms with Gasteiger partial charge >= 0.3 is 0 Å². The lowest BCUT2D eigenvalue weighted by atomic mass is 10.2. The first kappa shape index (κ1) is 12.2. The first-order chi connectivity index (χ1) is 6.98. The highest BCUT2D eigenvalue weighted by Crippen LogP contribution is 2.10. The van der Waals surface area contributed by atoms with Crippen LogP contribution in [0.5, 0.6) is 0 Å².